The Morgan fingerprint density at radius 3 is 2.07 bits per heavy atom. The quantitative estimate of drug-likeness (QED) is 0.160. The second kappa shape index (κ2) is 16.3. The number of alkyl halides is 5. The summed E-state index contributed by atoms with van der Waals surface area (Å²) in [6.07, 6.45) is -0.681. The molecule has 0 fully saturated rings. The van der Waals surface area contributed by atoms with E-state index in [1.165, 1.54) is 0 Å². The molecule has 1 unspecified atom stereocenters. The standard InChI is InChI=1S/C32H41F5O5.Na/c1-30(23-13-15-24(38)16-14-23)21-42-28-20-25(39)17-18-26(28)27(30)12-8-6-4-2-3-5-7-10-22(29(40)41)11-9-19-31(33,34)32(35,36)37;/h13-18,20,22,27,38-39H,2-12,19,21H2,1H3,(H,40,41);/q;+1/p-1/t22?,27-,30-;/m1./s1. The average molecular weight is 623 g/mol. The molecule has 234 valence electrons. The molecule has 2 aromatic rings. The number of phenolic OH excluding ortho intramolecular Hbond substituents is 2. The summed E-state index contributed by atoms with van der Waals surface area (Å²) in [5, 5.41) is 31.0. The molecule has 5 nitrogen and oxygen atoms in total. The van der Waals surface area contributed by atoms with Crippen molar-refractivity contribution in [2.24, 2.45) is 5.92 Å². The summed E-state index contributed by atoms with van der Waals surface area (Å²) in [6.45, 7) is 2.60. The summed E-state index contributed by atoms with van der Waals surface area (Å²) >= 11 is 0. The summed E-state index contributed by atoms with van der Waals surface area (Å²) in [6, 6.07) is 12.4. The summed E-state index contributed by atoms with van der Waals surface area (Å²) < 4.78 is 69.1. The minimum absolute atomic E-state index is 0. The molecule has 11 heteroatoms. The number of carboxylic acid groups (broad SMARTS) is 1. The molecule has 1 aliphatic heterocycles. The van der Waals surface area contributed by atoms with Crippen LogP contribution in [0.4, 0.5) is 22.0 Å². The smallest absolute Gasteiger partial charge is 0.550 e. The minimum Gasteiger partial charge on any atom is -0.550 e. The van der Waals surface area contributed by atoms with E-state index in [9.17, 15) is 42.1 Å². The molecule has 0 bridgehead atoms. The first-order valence-corrected chi connectivity index (χ1v) is 14.7. The van der Waals surface area contributed by atoms with Gasteiger partial charge in [0.2, 0.25) is 0 Å². The third-order valence-corrected chi connectivity index (χ3v) is 8.53. The zero-order valence-electron chi connectivity index (χ0n) is 24.9. The number of phenols is 2. The number of rotatable bonds is 16. The van der Waals surface area contributed by atoms with Crippen LogP contribution in [0.3, 0.4) is 0 Å². The minimum atomic E-state index is -5.63. The number of unbranched alkanes of at least 4 members (excludes halogenated alkanes) is 6. The molecule has 0 amide bonds. The van der Waals surface area contributed by atoms with Crippen molar-refractivity contribution in [1.29, 1.82) is 0 Å². The topological polar surface area (TPSA) is 89.8 Å². The molecule has 0 saturated heterocycles. The van der Waals surface area contributed by atoms with Crippen LogP contribution in [0.5, 0.6) is 17.2 Å². The summed E-state index contributed by atoms with van der Waals surface area (Å²) in [4.78, 5) is 11.3. The van der Waals surface area contributed by atoms with Crippen molar-refractivity contribution < 1.29 is 76.4 Å². The van der Waals surface area contributed by atoms with Crippen LogP contribution in [0.2, 0.25) is 0 Å². The molecule has 43 heavy (non-hydrogen) atoms. The molecular weight excluding hydrogens is 582 g/mol. The summed E-state index contributed by atoms with van der Waals surface area (Å²) in [7, 11) is 0. The van der Waals surface area contributed by atoms with Gasteiger partial charge in [0.25, 0.3) is 0 Å². The molecule has 3 rings (SSSR count). The van der Waals surface area contributed by atoms with E-state index in [2.05, 4.69) is 6.92 Å². The molecule has 1 heterocycles. The maximum absolute atomic E-state index is 13.1. The zero-order chi connectivity index (χ0) is 31.0. The number of aromatic hydroxyl groups is 2. The number of fused-ring (bicyclic) bond motifs is 1. The number of carboxylic acids is 1. The number of aliphatic carboxylic acids is 1. The van der Waals surface area contributed by atoms with Crippen molar-refractivity contribution in [2.45, 2.75) is 107 Å². The molecule has 0 aromatic heterocycles. The molecule has 2 aromatic carbocycles. The fourth-order valence-corrected chi connectivity index (χ4v) is 5.92. The number of hydrogen-bond acceptors (Lipinski definition) is 5. The number of benzene rings is 2. The van der Waals surface area contributed by atoms with Gasteiger partial charge in [-0.1, -0.05) is 70.1 Å². The molecule has 1 aliphatic rings. The predicted molar refractivity (Wildman–Crippen MR) is 147 cm³/mol. The van der Waals surface area contributed by atoms with Crippen LogP contribution in [-0.4, -0.2) is 34.9 Å². The van der Waals surface area contributed by atoms with Crippen molar-refractivity contribution in [2.75, 3.05) is 6.61 Å². The van der Waals surface area contributed by atoms with Crippen molar-refractivity contribution in [3.05, 3.63) is 53.6 Å². The largest absolute Gasteiger partial charge is 1.00 e. The van der Waals surface area contributed by atoms with Gasteiger partial charge in [0, 0.05) is 29.8 Å². The van der Waals surface area contributed by atoms with Crippen LogP contribution < -0.4 is 39.4 Å². The van der Waals surface area contributed by atoms with E-state index >= 15 is 0 Å². The Kier molecular flexibility index (Phi) is 14.1. The maximum atomic E-state index is 13.1. The van der Waals surface area contributed by atoms with Gasteiger partial charge in [-0.2, -0.15) is 22.0 Å². The van der Waals surface area contributed by atoms with Gasteiger partial charge >= 0.3 is 41.7 Å². The number of halogens is 5. The van der Waals surface area contributed by atoms with E-state index in [-0.39, 0.29) is 65.2 Å². The van der Waals surface area contributed by atoms with Crippen molar-refractivity contribution in [3.63, 3.8) is 0 Å². The first-order valence-electron chi connectivity index (χ1n) is 14.7. The Morgan fingerprint density at radius 1 is 0.907 bits per heavy atom. The van der Waals surface area contributed by atoms with Crippen LogP contribution in [0, 0.1) is 5.92 Å². The van der Waals surface area contributed by atoms with Gasteiger partial charge in [0.15, 0.2) is 0 Å². The SMILES string of the molecule is C[C@]1(c2ccc(O)cc2)COc2cc(O)ccc2[C@H]1CCCCCCCCCC(CCCC(F)(F)C(F)(F)F)C(=O)[O-].[Na+]. The fraction of sp³-hybridized carbons (Fsp3) is 0.594. The van der Waals surface area contributed by atoms with Crippen molar-refractivity contribution >= 4 is 5.97 Å². The molecule has 0 saturated carbocycles. The van der Waals surface area contributed by atoms with Crippen LogP contribution in [-0.2, 0) is 10.2 Å². The van der Waals surface area contributed by atoms with Crippen molar-refractivity contribution in [3.8, 4) is 17.2 Å². The van der Waals surface area contributed by atoms with Gasteiger partial charge in [-0.15, -0.1) is 0 Å². The first-order chi connectivity index (χ1) is 19.7. The Balaban J connectivity index is 0.00000645. The monoisotopic (exact) mass is 622 g/mol. The van der Waals surface area contributed by atoms with Gasteiger partial charge in [-0.05, 0) is 60.9 Å². The van der Waals surface area contributed by atoms with Gasteiger partial charge < -0.3 is 24.9 Å². The maximum Gasteiger partial charge on any atom is 1.00 e. The van der Waals surface area contributed by atoms with E-state index in [1.54, 1.807) is 24.3 Å². The Bertz CT molecular complexity index is 1160. The van der Waals surface area contributed by atoms with Gasteiger partial charge in [-0.25, -0.2) is 0 Å². The third kappa shape index (κ3) is 10.2. The van der Waals surface area contributed by atoms with Crippen LogP contribution in [0.25, 0.3) is 0 Å². The average Bonchev–Trinajstić information content (AvgIpc) is 2.91. The Hall–Kier alpha value is -2.04. The second-order valence-corrected chi connectivity index (χ2v) is 11.7. The van der Waals surface area contributed by atoms with Crippen molar-refractivity contribution in [1.82, 2.24) is 0 Å². The predicted octanol–water partition coefficient (Wildman–Crippen LogP) is 4.78. The van der Waals surface area contributed by atoms with E-state index in [4.69, 9.17) is 4.74 Å². The summed E-state index contributed by atoms with van der Waals surface area (Å²) in [5.74, 6) is -6.08. The molecule has 0 aliphatic carbocycles. The van der Waals surface area contributed by atoms with Gasteiger partial charge in [0.05, 0.1) is 6.61 Å². The molecule has 0 spiro atoms. The zero-order valence-corrected chi connectivity index (χ0v) is 26.9. The first kappa shape index (κ1) is 37.1. The van der Waals surface area contributed by atoms with E-state index < -0.39 is 36.8 Å². The molecule has 0 radical (unpaired) electrons. The number of carbonyl (C=O) groups excluding carboxylic acids is 1. The summed E-state index contributed by atoms with van der Waals surface area (Å²) in [5.41, 5.74) is 1.78. The fourth-order valence-electron chi connectivity index (χ4n) is 5.92. The molecule has 2 N–H and O–H groups in total. The van der Waals surface area contributed by atoms with E-state index in [0.717, 1.165) is 56.1 Å². The number of carbonyl (C=O) groups is 1. The van der Waals surface area contributed by atoms with Gasteiger partial charge in [0.1, 0.15) is 17.2 Å². The normalized spacial score (nSPS) is 19.2. The number of ether oxygens (including phenoxy) is 1. The van der Waals surface area contributed by atoms with E-state index in [1.807, 2.05) is 18.2 Å². The Labute approximate surface area is 272 Å². The van der Waals surface area contributed by atoms with Gasteiger partial charge in [-0.3, -0.25) is 0 Å². The van der Waals surface area contributed by atoms with Crippen LogP contribution >= 0.6 is 0 Å². The van der Waals surface area contributed by atoms with E-state index in [0.29, 0.717) is 18.8 Å². The molecular formula is C32H40F5NaO5. The van der Waals surface area contributed by atoms with Crippen LogP contribution in [0.15, 0.2) is 42.5 Å². The third-order valence-electron chi connectivity index (χ3n) is 8.53. The molecule has 3 atom stereocenters. The number of hydrogen-bond donors (Lipinski definition) is 2. The van der Waals surface area contributed by atoms with Crippen LogP contribution in [0.1, 0.15) is 101 Å². The second-order valence-electron chi connectivity index (χ2n) is 11.7. The Morgan fingerprint density at radius 2 is 1.47 bits per heavy atom.